The molecule has 0 heterocycles. The van der Waals surface area contributed by atoms with Crippen LogP contribution in [0.1, 0.15) is 18.1 Å². The number of ether oxygens (including phenoxy) is 1. The highest BCUT2D eigenvalue weighted by Gasteiger charge is 1.87. The first-order valence-corrected chi connectivity index (χ1v) is 5.89. The van der Waals surface area contributed by atoms with Gasteiger partial charge in [-0.15, -0.1) is 0 Å². The predicted octanol–water partition coefficient (Wildman–Crippen LogP) is 4.01. The van der Waals surface area contributed by atoms with E-state index in [1.54, 1.807) is 12.2 Å². The maximum atomic E-state index is 5.20. The second-order valence-electron chi connectivity index (χ2n) is 3.87. The maximum absolute atomic E-state index is 5.20. The van der Waals surface area contributed by atoms with Crippen molar-refractivity contribution in [2.45, 2.75) is 13.8 Å². The van der Waals surface area contributed by atoms with E-state index >= 15 is 0 Å². The van der Waals surface area contributed by atoms with Crippen molar-refractivity contribution in [3.05, 3.63) is 72.0 Å². The minimum atomic E-state index is 0.616. The third-order valence-electron chi connectivity index (χ3n) is 2.22. The molecule has 1 rings (SSSR count). The molecule has 92 valence electrons. The van der Waals surface area contributed by atoms with Gasteiger partial charge in [0.25, 0.3) is 0 Å². The van der Waals surface area contributed by atoms with Gasteiger partial charge < -0.3 is 4.74 Å². The first-order chi connectivity index (χ1) is 8.61. The lowest BCUT2D eigenvalue weighted by Gasteiger charge is -1.99. The van der Waals surface area contributed by atoms with E-state index in [0.717, 1.165) is 11.1 Å². The number of rotatable bonds is 4. The zero-order valence-corrected chi connectivity index (χ0v) is 11.0. The van der Waals surface area contributed by atoms with Gasteiger partial charge in [0.05, 0.1) is 6.61 Å². The van der Waals surface area contributed by atoms with Gasteiger partial charge in [0.1, 0.15) is 5.76 Å². The van der Waals surface area contributed by atoms with Crippen molar-refractivity contribution in [1.82, 2.24) is 0 Å². The zero-order valence-electron chi connectivity index (χ0n) is 11.0. The van der Waals surface area contributed by atoms with E-state index < -0.39 is 0 Å². The number of aryl methyl sites for hydroxylation is 1. The molecular formula is C17H18O. The molecule has 0 unspecified atom stereocenters. The van der Waals surface area contributed by atoms with Gasteiger partial charge in [-0.2, -0.15) is 0 Å². The molecule has 0 bridgehead atoms. The molecule has 0 radical (unpaired) electrons. The van der Waals surface area contributed by atoms with E-state index in [9.17, 15) is 0 Å². The fourth-order valence-corrected chi connectivity index (χ4v) is 1.26. The molecule has 0 fully saturated rings. The van der Waals surface area contributed by atoms with Gasteiger partial charge >= 0.3 is 0 Å². The summed E-state index contributed by atoms with van der Waals surface area (Å²) in [5.41, 5.74) is 2.95. The average molecular weight is 238 g/mol. The van der Waals surface area contributed by atoms with Crippen molar-refractivity contribution < 1.29 is 4.74 Å². The molecule has 0 aliphatic rings. The van der Waals surface area contributed by atoms with Crippen molar-refractivity contribution in [2.75, 3.05) is 6.61 Å². The summed E-state index contributed by atoms with van der Waals surface area (Å²) in [6.07, 6.45) is 3.58. The molecule has 18 heavy (non-hydrogen) atoms. The Labute approximate surface area is 109 Å². The SMILES string of the molecule is C=C(C#Cc1ccc(C)cc1)/C=C\C(=C)OCC. The molecule has 1 aromatic carbocycles. The zero-order chi connectivity index (χ0) is 13.4. The van der Waals surface area contributed by atoms with Crippen LogP contribution in [0.3, 0.4) is 0 Å². The first kappa shape index (κ1) is 13.9. The summed E-state index contributed by atoms with van der Waals surface area (Å²) in [4.78, 5) is 0. The summed E-state index contributed by atoms with van der Waals surface area (Å²) in [6, 6.07) is 8.08. The van der Waals surface area contributed by atoms with Gasteiger partial charge in [-0.25, -0.2) is 0 Å². The summed E-state index contributed by atoms with van der Waals surface area (Å²) in [7, 11) is 0. The smallest absolute Gasteiger partial charge is 0.112 e. The number of benzene rings is 1. The lowest BCUT2D eigenvalue weighted by Crippen LogP contribution is -1.85. The average Bonchev–Trinajstić information content (AvgIpc) is 2.36. The second kappa shape index (κ2) is 7.19. The summed E-state index contributed by atoms with van der Waals surface area (Å²) in [6.45, 7) is 12.2. The molecule has 1 nitrogen and oxygen atoms in total. The van der Waals surface area contributed by atoms with Crippen molar-refractivity contribution >= 4 is 0 Å². The standard InChI is InChI=1S/C17H18O/c1-5-18-16(4)10-6-14(2)7-11-17-12-8-15(3)9-13-17/h6,8-10,12-13H,2,4-5H2,1,3H3/b10-6-. The topological polar surface area (TPSA) is 9.23 Å². The first-order valence-electron chi connectivity index (χ1n) is 5.89. The Morgan fingerprint density at radius 2 is 1.89 bits per heavy atom. The lowest BCUT2D eigenvalue weighted by atomic mass is 10.1. The van der Waals surface area contributed by atoms with Crippen LogP contribution in [-0.4, -0.2) is 6.61 Å². The molecule has 0 aromatic heterocycles. The molecule has 0 saturated heterocycles. The van der Waals surface area contributed by atoms with E-state index in [0.29, 0.717) is 12.4 Å². The van der Waals surface area contributed by atoms with Crippen LogP contribution in [0.2, 0.25) is 0 Å². The molecule has 0 saturated carbocycles. The molecule has 0 atom stereocenters. The van der Waals surface area contributed by atoms with Crippen LogP contribution in [0.15, 0.2) is 60.9 Å². The summed E-state index contributed by atoms with van der Waals surface area (Å²) < 4.78 is 5.20. The Morgan fingerprint density at radius 3 is 2.50 bits per heavy atom. The molecule has 0 aliphatic carbocycles. The van der Waals surface area contributed by atoms with Crippen molar-refractivity contribution in [3.8, 4) is 11.8 Å². The third-order valence-corrected chi connectivity index (χ3v) is 2.22. The van der Waals surface area contributed by atoms with Gasteiger partial charge in [-0.05, 0) is 38.1 Å². The highest BCUT2D eigenvalue weighted by molar-refractivity contribution is 5.44. The summed E-state index contributed by atoms with van der Waals surface area (Å²) in [5, 5.41) is 0. The van der Waals surface area contributed by atoms with E-state index in [4.69, 9.17) is 4.74 Å². The minimum Gasteiger partial charge on any atom is -0.495 e. The highest BCUT2D eigenvalue weighted by Crippen LogP contribution is 2.03. The van der Waals surface area contributed by atoms with Crippen LogP contribution in [0.4, 0.5) is 0 Å². The van der Waals surface area contributed by atoms with Crippen molar-refractivity contribution in [3.63, 3.8) is 0 Å². The van der Waals surface area contributed by atoms with E-state index in [2.05, 4.69) is 31.9 Å². The van der Waals surface area contributed by atoms with Gasteiger partial charge in [0.2, 0.25) is 0 Å². The maximum Gasteiger partial charge on any atom is 0.112 e. The quantitative estimate of drug-likeness (QED) is 0.437. The third kappa shape index (κ3) is 5.23. The van der Waals surface area contributed by atoms with Gasteiger partial charge in [-0.3, -0.25) is 0 Å². The van der Waals surface area contributed by atoms with Gasteiger partial charge in [-0.1, -0.05) is 42.7 Å². The molecule has 1 aromatic rings. The van der Waals surface area contributed by atoms with Crippen molar-refractivity contribution in [1.29, 1.82) is 0 Å². The monoisotopic (exact) mass is 238 g/mol. The fraction of sp³-hybridized carbons (Fsp3) is 0.176. The van der Waals surface area contributed by atoms with Crippen LogP contribution in [-0.2, 0) is 4.74 Å². The largest absolute Gasteiger partial charge is 0.495 e. The van der Waals surface area contributed by atoms with Crippen LogP contribution in [0, 0.1) is 18.8 Å². The van der Waals surface area contributed by atoms with E-state index in [1.807, 2.05) is 31.2 Å². The van der Waals surface area contributed by atoms with E-state index in [1.165, 1.54) is 5.56 Å². The highest BCUT2D eigenvalue weighted by atomic mass is 16.5. The fourth-order valence-electron chi connectivity index (χ4n) is 1.26. The normalized spacial score (nSPS) is 9.67. The summed E-state index contributed by atoms with van der Waals surface area (Å²) >= 11 is 0. The Kier molecular flexibility index (Phi) is 5.54. The Hall–Kier alpha value is -2.20. The number of allylic oxidation sites excluding steroid dienone is 3. The number of hydrogen-bond acceptors (Lipinski definition) is 1. The number of hydrogen-bond donors (Lipinski definition) is 0. The predicted molar refractivity (Wildman–Crippen MR) is 77.1 cm³/mol. The van der Waals surface area contributed by atoms with Crippen LogP contribution < -0.4 is 0 Å². The van der Waals surface area contributed by atoms with E-state index in [-0.39, 0.29) is 0 Å². The van der Waals surface area contributed by atoms with Crippen LogP contribution in [0.5, 0.6) is 0 Å². The van der Waals surface area contributed by atoms with Gasteiger partial charge in [0.15, 0.2) is 0 Å². The Morgan fingerprint density at radius 1 is 1.22 bits per heavy atom. The molecule has 0 spiro atoms. The van der Waals surface area contributed by atoms with Gasteiger partial charge in [0, 0.05) is 11.1 Å². The van der Waals surface area contributed by atoms with Crippen LogP contribution in [0.25, 0.3) is 0 Å². The lowest BCUT2D eigenvalue weighted by molar-refractivity contribution is 0.244. The molecule has 0 amide bonds. The Bertz CT molecular complexity index is 507. The molecule has 0 aliphatic heterocycles. The molecular weight excluding hydrogens is 220 g/mol. The summed E-state index contributed by atoms with van der Waals surface area (Å²) in [5.74, 6) is 6.67. The molecule has 0 N–H and O–H groups in total. The minimum absolute atomic E-state index is 0.616. The van der Waals surface area contributed by atoms with Crippen LogP contribution >= 0.6 is 0 Å². The van der Waals surface area contributed by atoms with Crippen molar-refractivity contribution in [2.24, 2.45) is 0 Å². The molecule has 1 heteroatoms. The Balaban J connectivity index is 2.60. The second-order valence-corrected chi connectivity index (χ2v) is 3.87.